The molecule has 6 nitrogen and oxygen atoms in total. The lowest BCUT2D eigenvalue weighted by Gasteiger charge is -2.45. The van der Waals surface area contributed by atoms with Crippen LogP contribution in [-0.4, -0.2) is 32.9 Å². The van der Waals surface area contributed by atoms with E-state index in [4.69, 9.17) is 4.42 Å². The molecular formula is C26H30FN3O3. The van der Waals surface area contributed by atoms with E-state index in [1.165, 1.54) is 18.6 Å². The van der Waals surface area contributed by atoms with Gasteiger partial charge in [-0.25, -0.2) is 4.39 Å². The highest BCUT2D eigenvalue weighted by atomic mass is 19.1. The predicted molar refractivity (Wildman–Crippen MR) is 123 cm³/mol. The molecule has 0 spiro atoms. The molecule has 0 unspecified atom stereocenters. The summed E-state index contributed by atoms with van der Waals surface area (Å²) in [5.41, 5.74) is 1.59. The van der Waals surface area contributed by atoms with Crippen LogP contribution in [0.25, 0.3) is 11.1 Å². The highest BCUT2D eigenvalue weighted by Gasteiger charge is 2.48. The molecule has 0 bridgehead atoms. The first-order chi connectivity index (χ1) is 15.8. The second kappa shape index (κ2) is 8.04. The first-order valence-electron chi connectivity index (χ1n) is 11.7. The van der Waals surface area contributed by atoms with E-state index in [0.717, 1.165) is 23.9 Å². The number of rotatable bonds is 4. The van der Waals surface area contributed by atoms with Crippen molar-refractivity contribution in [2.24, 2.45) is 11.8 Å². The fourth-order valence-electron chi connectivity index (χ4n) is 5.40. The normalized spacial score (nSPS) is 27.6. The zero-order valence-electron chi connectivity index (χ0n) is 19.3. The van der Waals surface area contributed by atoms with Gasteiger partial charge in [0.2, 0.25) is 5.91 Å². The van der Waals surface area contributed by atoms with Crippen LogP contribution in [0.2, 0.25) is 0 Å². The van der Waals surface area contributed by atoms with Crippen molar-refractivity contribution in [2.75, 3.05) is 0 Å². The first-order valence-corrected chi connectivity index (χ1v) is 11.7. The summed E-state index contributed by atoms with van der Waals surface area (Å²) in [7, 11) is 0. The SMILES string of the molecule is C[C@@H]1[C@H](C)CCC[C@@H]1NC(=O)[C@]1(C)Cn2c(cc3occc32)C(=O)N1Cc1ccc(F)cc1. The smallest absolute Gasteiger partial charge is 0.271 e. The summed E-state index contributed by atoms with van der Waals surface area (Å²) in [5.74, 6) is 0.194. The van der Waals surface area contributed by atoms with E-state index in [2.05, 4.69) is 19.2 Å². The number of hydrogen-bond acceptors (Lipinski definition) is 3. The number of aromatic nitrogens is 1. The van der Waals surface area contributed by atoms with Gasteiger partial charge in [0, 0.05) is 24.7 Å². The van der Waals surface area contributed by atoms with E-state index in [9.17, 15) is 14.0 Å². The van der Waals surface area contributed by atoms with Gasteiger partial charge in [0.15, 0.2) is 5.58 Å². The zero-order valence-corrected chi connectivity index (χ0v) is 19.3. The third kappa shape index (κ3) is 3.63. The molecule has 0 radical (unpaired) electrons. The van der Waals surface area contributed by atoms with E-state index in [1.807, 2.05) is 17.6 Å². The Kier molecular flexibility index (Phi) is 5.30. The summed E-state index contributed by atoms with van der Waals surface area (Å²) >= 11 is 0. The van der Waals surface area contributed by atoms with Crippen molar-refractivity contribution in [1.29, 1.82) is 0 Å². The molecule has 1 N–H and O–H groups in total. The van der Waals surface area contributed by atoms with Crippen LogP contribution in [0.5, 0.6) is 0 Å². The van der Waals surface area contributed by atoms with Crippen molar-refractivity contribution in [2.45, 2.75) is 64.7 Å². The Morgan fingerprint density at radius 2 is 1.97 bits per heavy atom. The topological polar surface area (TPSA) is 67.5 Å². The molecule has 2 aromatic heterocycles. The van der Waals surface area contributed by atoms with Crippen LogP contribution in [0, 0.1) is 17.7 Å². The van der Waals surface area contributed by atoms with Crippen molar-refractivity contribution in [3.05, 3.63) is 59.7 Å². The fourth-order valence-corrected chi connectivity index (χ4v) is 5.40. The number of benzene rings is 1. The average molecular weight is 452 g/mol. The minimum Gasteiger partial charge on any atom is -0.463 e. The van der Waals surface area contributed by atoms with Crippen LogP contribution < -0.4 is 5.32 Å². The van der Waals surface area contributed by atoms with Crippen molar-refractivity contribution >= 4 is 22.9 Å². The zero-order chi connectivity index (χ0) is 23.3. The van der Waals surface area contributed by atoms with Crippen molar-refractivity contribution < 1.29 is 18.4 Å². The second-order valence-corrected chi connectivity index (χ2v) is 9.92. The molecule has 3 aromatic rings. The van der Waals surface area contributed by atoms with Gasteiger partial charge in [-0.3, -0.25) is 9.59 Å². The number of nitrogens with zero attached hydrogens (tertiary/aromatic N) is 2. The van der Waals surface area contributed by atoms with Gasteiger partial charge in [-0.1, -0.05) is 38.8 Å². The molecular weight excluding hydrogens is 421 g/mol. The maximum atomic E-state index is 13.8. The Morgan fingerprint density at radius 1 is 1.21 bits per heavy atom. The van der Waals surface area contributed by atoms with Crippen LogP contribution in [0.15, 0.2) is 47.1 Å². The van der Waals surface area contributed by atoms with Gasteiger partial charge in [0.25, 0.3) is 5.91 Å². The molecule has 33 heavy (non-hydrogen) atoms. The first kappa shape index (κ1) is 21.7. The summed E-state index contributed by atoms with van der Waals surface area (Å²) in [6.07, 6.45) is 4.80. The lowest BCUT2D eigenvalue weighted by Crippen LogP contribution is -2.65. The van der Waals surface area contributed by atoms with Gasteiger partial charge in [0.05, 0.1) is 18.3 Å². The van der Waals surface area contributed by atoms with Gasteiger partial charge in [0.1, 0.15) is 17.1 Å². The summed E-state index contributed by atoms with van der Waals surface area (Å²) in [5, 5.41) is 3.29. The Hall–Kier alpha value is -3.09. The molecule has 1 aromatic carbocycles. The van der Waals surface area contributed by atoms with Gasteiger partial charge in [-0.05, 0) is 42.9 Å². The molecule has 1 saturated carbocycles. The standard InChI is InChI=1S/C26H30FN3O3/c1-16-5-4-6-20(17(16)2)28-25(32)26(3)15-29-21-11-12-33-23(21)13-22(29)24(31)30(26)14-18-7-9-19(27)10-8-18/h7-13,16-17,20H,4-6,14-15H2,1-3H3,(H,28,32)/t16-,17-,20+,26+/m1/s1. The molecule has 4 atom stereocenters. The highest BCUT2D eigenvalue weighted by molar-refractivity contribution is 6.02. The third-order valence-electron chi connectivity index (χ3n) is 7.82. The lowest BCUT2D eigenvalue weighted by atomic mass is 9.77. The van der Waals surface area contributed by atoms with E-state index >= 15 is 0 Å². The maximum Gasteiger partial charge on any atom is 0.271 e. The number of nitrogens with one attached hydrogen (secondary N) is 1. The van der Waals surface area contributed by atoms with Gasteiger partial charge in [-0.15, -0.1) is 0 Å². The lowest BCUT2D eigenvalue weighted by molar-refractivity contribution is -0.134. The van der Waals surface area contributed by atoms with Crippen LogP contribution >= 0.6 is 0 Å². The molecule has 3 heterocycles. The molecule has 174 valence electrons. The molecule has 1 aliphatic carbocycles. The summed E-state index contributed by atoms with van der Waals surface area (Å²) in [6.45, 7) is 6.79. The minimum atomic E-state index is -1.11. The Morgan fingerprint density at radius 3 is 2.73 bits per heavy atom. The molecule has 1 aliphatic heterocycles. The van der Waals surface area contributed by atoms with E-state index < -0.39 is 5.54 Å². The molecule has 7 heteroatoms. The summed E-state index contributed by atoms with van der Waals surface area (Å²) < 4.78 is 20.9. The number of carbonyl (C=O) groups is 2. The van der Waals surface area contributed by atoms with Crippen LogP contribution in [-0.2, 0) is 17.9 Å². The maximum absolute atomic E-state index is 13.8. The minimum absolute atomic E-state index is 0.0841. The second-order valence-electron chi connectivity index (χ2n) is 9.92. The van der Waals surface area contributed by atoms with Gasteiger partial charge >= 0.3 is 0 Å². The molecule has 1 fully saturated rings. The number of hydrogen-bond donors (Lipinski definition) is 1. The quantitative estimate of drug-likeness (QED) is 0.624. The van der Waals surface area contributed by atoms with E-state index in [0.29, 0.717) is 29.7 Å². The Bertz CT molecular complexity index is 1200. The largest absolute Gasteiger partial charge is 0.463 e. The van der Waals surface area contributed by atoms with E-state index in [1.54, 1.807) is 29.4 Å². The molecule has 2 aliphatic rings. The summed E-state index contributed by atoms with van der Waals surface area (Å²) in [4.78, 5) is 29.2. The van der Waals surface area contributed by atoms with Crippen molar-refractivity contribution in [3.63, 3.8) is 0 Å². The third-order valence-corrected chi connectivity index (χ3v) is 7.82. The van der Waals surface area contributed by atoms with Gasteiger partial charge < -0.3 is 19.2 Å². The highest BCUT2D eigenvalue weighted by Crippen LogP contribution is 2.35. The van der Waals surface area contributed by atoms with Crippen LogP contribution in [0.3, 0.4) is 0 Å². The number of halogens is 1. The van der Waals surface area contributed by atoms with E-state index in [-0.39, 0.29) is 30.2 Å². The van der Waals surface area contributed by atoms with Crippen molar-refractivity contribution in [3.8, 4) is 0 Å². The molecule has 5 rings (SSSR count). The number of amides is 2. The van der Waals surface area contributed by atoms with Crippen molar-refractivity contribution in [1.82, 2.24) is 14.8 Å². The predicted octanol–water partition coefficient (Wildman–Crippen LogP) is 4.73. The molecule has 2 amide bonds. The molecule has 0 saturated heterocycles. The fraction of sp³-hybridized carbons (Fsp3) is 0.462. The van der Waals surface area contributed by atoms with Gasteiger partial charge in [-0.2, -0.15) is 0 Å². The summed E-state index contributed by atoms with van der Waals surface area (Å²) in [6, 6.07) is 9.71. The van der Waals surface area contributed by atoms with Crippen LogP contribution in [0.4, 0.5) is 4.39 Å². The average Bonchev–Trinajstić information content (AvgIpc) is 3.38. The van der Waals surface area contributed by atoms with Crippen LogP contribution in [0.1, 0.15) is 56.1 Å². The number of carbonyl (C=O) groups excluding carboxylic acids is 2. The Balaban J connectivity index is 1.52. The monoisotopic (exact) mass is 451 g/mol. The number of furan rings is 1. The Labute approximate surface area is 192 Å². The number of fused-ring (bicyclic) bond motifs is 3.